The maximum absolute atomic E-state index is 8.93. The molecule has 0 spiro atoms. The SMILES string of the molecule is Oc1cnc(CBr)cc1Cl. The second kappa shape index (κ2) is 3.21. The Hall–Kier alpha value is -0.280. The molecule has 54 valence electrons. The zero-order chi connectivity index (χ0) is 7.56. The van der Waals surface area contributed by atoms with Gasteiger partial charge < -0.3 is 5.11 Å². The van der Waals surface area contributed by atoms with E-state index in [1.54, 1.807) is 6.07 Å². The number of aromatic hydroxyl groups is 1. The van der Waals surface area contributed by atoms with Gasteiger partial charge in [-0.1, -0.05) is 27.5 Å². The van der Waals surface area contributed by atoms with Crippen molar-refractivity contribution < 1.29 is 5.11 Å². The van der Waals surface area contributed by atoms with Crippen molar-refractivity contribution in [3.63, 3.8) is 0 Å². The van der Waals surface area contributed by atoms with Crippen molar-refractivity contribution in [1.82, 2.24) is 4.98 Å². The zero-order valence-electron chi connectivity index (χ0n) is 5.01. The molecule has 0 unspecified atom stereocenters. The van der Waals surface area contributed by atoms with E-state index in [4.69, 9.17) is 16.7 Å². The van der Waals surface area contributed by atoms with Gasteiger partial charge in [-0.15, -0.1) is 0 Å². The van der Waals surface area contributed by atoms with E-state index in [1.807, 2.05) is 0 Å². The minimum atomic E-state index is 0.0198. The Morgan fingerprint density at radius 3 is 2.90 bits per heavy atom. The second-order valence-corrected chi connectivity index (χ2v) is 2.73. The van der Waals surface area contributed by atoms with E-state index in [0.717, 1.165) is 5.69 Å². The first kappa shape index (κ1) is 7.82. The van der Waals surface area contributed by atoms with Gasteiger partial charge in [-0.2, -0.15) is 0 Å². The molecule has 2 nitrogen and oxygen atoms in total. The van der Waals surface area contributed by atoms with E-state index in [0.29, 0.717) is 10.4 Å². The third kappa shape index (κ3) is 1.61. The lowest BCUT2D eigenvalue weighted by Gasteiger charge is -1.96. The summed E-state index contributed by atoms with van der Waals surface area (Å²) in [6, 6.07) is 1.62. The lowest BCUT2D eigenvalue weighted by Crippen LogP contribution is -1.82. The molecule has 0 aliphatic carbocycles. The molecule has 0 saturated heterocycles. The molecule has 0 radical (unpaired) electrons. The summed E-state index contributed by atoms with van der Waals surface area (Å²) < 4.78 is 0. The van der Waals surface area contributed by atoms with Gasteiger partial charge >= 0.3 is 0 Å². The van der Waals surface area contributed by atoms with Gasteiger partial charge in [0.15, 0.2) is 5.75 Å². The first-order valence-corrected chi connectivity index (χ1v) is 4.13. The molecule has 10 heavy (non-hydrogen) atoms. The Labute approximate surface area is 72.0 Å². The molecule has 0 amide bonds. The van der Waals surface area contributed by atoms with Crippen molar-refractivity contribution in [2.75, 3.05) is 0 Å². The number of hydrogen-bond donors (Lipinski definition) is 1. The molecule has 1 N–H and O–H groups in total. The monoisotopic (exact) mass is 221 g/mol. The molecule has 0 atom stereocenters. The van der Waals surface area contributed by atoms with Gasteiger partial charge in [-0.25, -0.2) is 0 Å². The quantitative estimate of drug-likeness (QED) is 0.740. The van der Waals surface area contributed by atoms with Gasteiger partial charge in [0.2, 0.25) is 0 Å². The molecule has 1 heterocycles. The third-order valence-electron chi connectivity index (χ3n) is 1.03. The highest BCUT2D eigenvalue weighted by Gasteiger charge is 1.98. The summed E-state index contributed by atoms with van der Waals surface area (Å²) in [4.78, 5) is 3.88. The van der Waals surface area contributed by atoms with E-state index < -0.39 is 0 Å². The summed E-state index contributed by atoms with van der Waals surface area (Å²) in [7, 11) is 0. The number of aromatic nitrogens is 1. The fraction of sp³-hybridized carbons (Fsp3) is 0.167. The molecule has 1 rings (SSSR count). The van der Waals surface area contributed by atoms with Crippen molar-refractivity contribution in [3.05, 3.63) is 23.0 Å². The summed E-state index contributed by atoms with van der Waals surface area (Å²) in [5, 5.41) is 9.91. The van der Waals surface area contributed by atoms with Crippen LogP contribution < -0.4 is 0 Å². The lowest BCUT2D eigenvalue weighted by atomic mass is 10.4. The van der Waals surface area contributed by atoms with E-state index >= 15 is 0 Å². The van der Waals surface area contributed by atoms with Crippen LogP contribution in [0.5, 0.6) is 5.75 Å². The normalized spacial score (nSPS) is 9.80. The van der Waals surface area contributed by atoms with Crippen molar-refractivity contribution >= 4 is 27.5 Å². The van der Waals surface area contributed by atoms with Crippen LogP contribution in [0.2, 0.25) is 5.02 Å². The average molecular weight is 222 g/mol. The van der Waals surface area contributed by atoms with Gasteiger partial charge in [0, 0.05) is 5.33 Å². The molecule has 0 aliphatic rings. The van der Waals surface area contributed by atoms with E-state index in [2.05, 4.69) is 20.9 Å². The molecule has 0 aliphatic heterocycles. The highest BCUT2D eigenvalue weighted by molar-refractivity contribution is 9.08. The number of hydrogen-bond acceptors (Lipinski definition) is 2. The van der Waals surface area contributed by atoms with Crippen molar-refractivity contribution in [3.8, 4) is 5.75 Å². The predicted octanol–water partition coefficient (Wildman–Crippen LogP) is 2.34. The van der Waals surface area contributed by atoms with Gasteiger partial charge in [-0.05, 0) is 6.07 Å². The van der Waals surface area contributed by atoms with Crippen LogP contribution in [0.4, 0.5) is 0 Å². The van der Waals surface area contributed by atoms with Crippen LogP contribution in [-0.2, 0) is 5.33 Å². The van der Waals surface area contributed by atoms with Crippen LogP contribution in [0.1, 0.15) is 5.69 Å². The Kier molecular flexibility index (Phi) is 2.51. The zero-order valence-corrected chi connectivity index (χ0v) is 7.35. The Balaban J connectivity index is 3.04. The fourth-order valence-electron chi connectivity index (χ4n) is 0.536. The Morgan fingerprint density at radius 2 is 2.40 bits per heavy atom. The van der Waals surface area contributed by atoms with Crippen LogP contribution in [0.15, 0.2) is 12.3 Å². The standard InChI is InChI=1S/C6H5BrClNO/c7-2-4-1-5(8)6(10)3-9-4/h1,3,10H,2H2. The lowest BCUT2D eigenvalue weighted by molar-refractivity contribution is 0.472. The first-order valence-electron chi connectivity index (χ1n) is 2.63. The van der Waals surface area contributed by atoms with Gasteiger partial charge in [-0.3, -0.25) is 4.98 Å². The molecule has 1 aromatic heterocycles. The van der Waals surface area contributed by atoms with Gasteiger partial charge in [0.25, 0.3) is 0 Å². The summed E-state index contributed by atoms with van der Waals surface area (Å²) in [5.74, 6) is 0.0198. The highest BCUT2D eigenvalue weighted by atomic mass is 79.9. The molecule has 0 aromatic carbocycles. The third-order valence-corrected chi connectivity index (χ3v) is 1.90. The first-order chi connectivity index (χ1) is 4.74. The molecule has 0 saturated carbocycles. The maximum atomic E-state index is 8.93. The summed E-state index contributed by atoms with van der Waals surface area (Å²) in [6.07, 6.45) is 1.33. The van der Waals surface area contributed by atoms with E-state index in [1.165, 1.54) is 6.20 Å². The van der Waals surface area contributed by atoms with Crippen LogP contribution in [-0.4, -0.2) is 10.1 Å². The van der Waals surface area contributed by atoms with Crippen molar-refractivity contribution in [1.29, 1.82) is 0 Å². The number of pyridine rings is 1. The van der Waals surface area contributed by atoms with Crippen LogP contribution in [0, 0.1) is 0 Å². The fourth-order valence-corrected chi connectivity index (χ4v) is 1.02. The highest BCUT2D eigenvalue weighted by Crippen LogP contribution is 2.22. The topological polar surface area (TPSA) is 33.1 Å². The minimum absolute atomic E-state index is 0.0198. The number of halogens is 2. The van der Waals surface area contributed by atoms with Crippen LogP contribution in [0.25, 0.3) is 0 Å². The van der Waals surface area contributed by atoms with E-state index in [-0.39, 0.29) is 5.75 Å². The summed E-state index contributed by atoms with van der Waals surface area (Å²) >= 11 is 8.80. The molecule has 4 heteroatoms. The number of alkyl halides is 1. The number of nitrogens with zero attached hydrogens (tertiary/aromatic N) is 1. The van der Waals surface area contributed by atoms with Crippen molar-refractivity contribution in [2.45, 2.75) is 5.33 Å². The Morgan fingerprint density at radius 1 is 1.70 bits per heavy atom. The maximum Gasteiger partial charge on any atom is 0.152 e. The molecular weight excluding hydrogens is 217 g/mol. The van der Waals surface area contributed by atoms with E-state index in [9.17, 15) is 0 Å². The van der Waals surface area contributed by atoms with Gasteiger partial charge in [0.05, 0.1) is 16.9 Å². The molecule has 0 bridgehead atoms. The second-order valence-electron chi connectivity index (χ2n) is 1.76. The smallest absolute Gasteiger partial charge is 0.152 e. The average Bonchev–Trinajstić information content (AvgIpc) is 1.95. The number of rotatable bonds is 1. The summed E-state index contributed by atoms with van der Waals surface area (Å²) in [5.41, 5.74) is 0.808. The Bertz CT molecular complexity index is 241. The largest absolute Gasteiger partial charge is 0.505 e. The van der Waals surface area contributed by atoms with Crippen LogP contribution in [0.3, 0.4) is 0 Å². The minimum Gasteiger partial charge on any atom is -0.505 e. The molecule has 0 fully saturated rings. The van der Waals surface area contributed by atoms with Gasteiger partial charge in [0.1, 0.15) is 0 Å². The predicted molar refractivity (Wildman–Crippen MR) is 43.5 cm³/mol. The summed E-state index contributed by atoms with van der Waals surface area (Å²) in [6.45, 7) is 0. The molecule has 1 aromatic rings. The van der Waals surface area contributed by atoms with Crippen LogP contribution >= 0.6 is 27.5 Å². The van der Waals surface area contributed by atoms with Crippen molar-refractivity contribution in [2.24, 2.45) is 0 Å². The molecular formula is C6H5BrClNO.